The lowest BCUT2D eigenvalue weighted by atomic mass is 10.1. The Bertz CT molecular complexity index is 432. The van der Waals surface area contributed by atoms with Crippen molar-refractivity contribution in [2.24, 2.45) is 0 Å². The van der Waals surface area contributed by atoms with Crippen molar-refractivity contribution in [2.75, 3.05) is 25.2 Å². The zero-order valence-corrected chi connectivity index (χ0v) is 12.2. The molecule has 19 heavy (non-hydrogen) atoms. The number of halogens is 1. The van der Waals surface area contributed by atoms with Crippen LogP contribution in [0.5, 0.6) is 0 Å². The van der Waals surface area contributed by atoms with Crippen LogP contribution >= 0.6 is 11.6 Å². The number of allylic oxidation sites excluding steroid dienone is 1. The highest BCUT2D eigenvalue weighted by molar-refractivity contribution is 6.32. The third kappa shape index (κ3) is 4.37. The number of methoxy groups -OCH3 is 1. The summed E-state index contributed by atoms with van der Waals surface area (Å²) in [5.41, 5.74) is 1.93. The van der Waals surface area contributed by atoms with E-state index in [1.165, 1.54) is 0 Å². The van der Waals surface area contributed by atoms with Crippen LogP contribution in [0.1, 0.15) is 12.5 Å². The maximum atomic E-state index is 12.2. The second-order valence-electron chi connectivity index (χ2n) is 4.22. The number of carbonyl (C=O) groups excluding carboxylic acids is 1. The van der Waals surface area contributed by atoms with E-state index in [1.54, 1.807) is 18.9 Å². The Kier molecular flexibility index (Phi) is 6.60. The molecule has 0 aromatic heterocycles. The van der Waals surface area contributed by atoms with Crippen molar-refractivity contribution < 1.29 is 9.53 Å². The third-order valence-corrected chi connectivity index (χ3v) is 2.96. The van der Waals surface area contributed by atoms with E-state index < -0.39 is 5.38 Å². The molecule has 1 rings (SSSR count). The molecule has 0 aliphatic heterocycles. The van der Waals surface area contributed by atoms with Crippen LogP contribution in [0.25, 0.3) is 0 Å². The van der Waals surface area contributed by atoms with Gasteiger partial charge in [0.2, 0.25) is 5.91 Å². The molecule has 0 heterocycles. The smallest absolute Gasteiger partial charge is 0.244 e. The number of ether oxygens (including phenoxy) is 1. The van der Waals surface area contributed by atoms with Crippen LogP contribution in [-0.4, -0.2) is 31.5 Å². The second kappa shape index (κ2) is 7.97. The van der Waals surface area contributed by atoms with Gasteiger partial charge in [-0.1, -0.05) is 24.3 Å². The standard InChI is InChI=1S/C15H20ClNO2/c1-4-7-13-8-5-6-9-14(13)17(10-11-19-3)15(18)12(2)16/h4-6,8-9,12H,1,7,10-11H2,2-3H3. The summed E-state index contributed by atoms with van der Waals surface area (Å²) in [5, 5.41) is -0.561. The van der Waals surface area contributed by atoms with Crippen molar-refractivity contribution in [1.29, 1.82) is 0 Å². The monoisotopic (exact) mass is 281 g/mol. The molecule has 0 fully saturated rings. The molecule has 1 atom stereocenters. The molecule has 0 aliphatic rings. The molecule has 0 saturated heterocycles. The van der Waals surface area contributed by atoms with Gasteiger partial charge in [0.1, 0.15) is 5.38 Å². The Hall–Kier alpha value is -1.32. The Morgan fingerprint density at radius 1 is 1.53 bits per heavy atom. The molecule has 0 bridgehead atoms. The molecule has 0 radical (unpaired) electrons. The van der Waals surface area contributed by atoms with Gasteiger partial charge in [-0.15, -0.1) is 18.2 Å². The molecular weight excluding hydrogens is 262 g/mol. The number of nitrogens with zero attached hydrogens (tertiary/aromatic N) is 1. The third-order valence-electron chi connectivity index (χ3n) is 2.77. The summed E-state index contributed by atoms with van der Waals surface area (Å²) in [6.45, 7) is 6.38. The summed E-state index contributed by atoms with van der Waals surface area (Å²) in [6.07, 6.45) is 2.53. The van der Waals surface area contributed by atoms with E-state index in [-0.39, 0.29) is 5.91 Å². The van der Waals surface area contributed by atoms with Crippen molar-refractivity contribution in [3.63, 3.8) is 0 Å². The summed E-state index contributed by atoms with van der Waals surface area (Å²) in [4.78, 5) is 13.9. The molecule has 0 saturated carbocycles. The van der Waals surface area contributed by atoms with Crippen molar-refractivity contribution in [1.82, 2.24) is 0 Å². The first-order valence-electron chi connectivity index (χ1n) is 6.25. The molecule has 1 amide bonds. The number of benzene rings is 1. The Morgan fingerprint density at radius 3 is 2.79 bits per heavy atom. The number of para-hydroxylation sites is 1. The molecule has 104 valence electrons. The normalized spacial score (nSPS) is 11.9. The number of amides is 1. The summed E-state index contributed by atoms with van der Waals surface area (Å²) < 4.78 is 5.07. The first-order valence-corrected chi connectivity index (χ1v) is 6.68. The fourth-order valence-electron chi connectivity index (χ4n) is 1.85. The highest BCUT2D eigenvalue weighted by Gasteiger charge is 2.21. The SMILES string of the molecule is C=CCc1ccccc1N(CCOC)C(=O)C(C)Cl. The summed E-state index contributed by atoms with van der Waals surface area (Å²) >= 11 is 5.93. The molecule has 4 heteroatoms. The molecule has 0 spiro atoms. The number of hydrogen-bond donors (Lipinski definition) is 0. The highest BCUT2D eigenvalue weighted by atomic mass is 35.5. The van der Waals surface area contributed by atoms with Gasteiger partial charge < -0.3 is 9.64 Å². The topological polar surface area (TPSA) is 29.5 Å². The summed E-state index contributed by atoms with van der Waals surface area (Å²) in [7, 11) is 1.61. The maximum Gasteiger partial charge on any atom is 0.244 e. The van der Waals surface area contributed by atoms with E-state index in [9.17, 15) is 4.79 Å². The van der Waals surface area contributed by atoms with Crippen molar-refractivity contribution in [3.8, 4) is 0 Å². The Balaban J connectivity index is 3.08. The fraction of sp³-hybridized carbons (Fsp3) is 0.400. The lowest BCUT2D eigenvalue weighted by molar-refractivity contribution is -0.118. The number of anilines is 1. The molecule has 0 aliphatic carbocycles. The lowest BCUT2D eigenvalue weighted by Crippen LogP contribution is -2.38. The van der Waals surface area contributed by atoms with E-state index >= 15 is 0 Å². The van der Waals surface area contributed by atoms with Gasteiger partial charge >= 0.3 is 0 Å². The molecule has 1 unspecified atom stereocenters. The number of hydrogen-bond acceptors (Lipinski definition) is 2. The quantitative estimate of drug-likeness (QED) is 0.568. The summed E-state index contributed by atoms with van der Waals surface area (Å²) in [6, 6.07) is 7.77. The van der Waals surface area contributed by atoms with Crippen LogP contribution in [0, 0.1) is 0 Å². The predicted molar refractivity (Wildman–Crippen MR) is 79.9 cm³/mol. The number of rotatable bonds is 7. The summed E-state index contributed by atoms with van der Waals surface area (Å²) in [5.74, 6) is -0.116. The zero-order valence-electron chi connectivity index (χ0n) is 11.4. The van der Waals surface area contributed by atoms with Gasteiger partial charge in [-0.25, -0.2) is 0 Å². The molecule has 1 aromatic carbocycles. The average Bonchev–Trinajstić information content (AvgIpc) is 2.40. The minimum absolute atomic E-state index is 0.116. The van der Waals surface area contributed by atoms with Crippen LogP contribution in [0.15, 0.2) is 36.9 Å². The minimum atomic E-state index is -0.561. The van der Waals surface area contributed by atoms with Gasteiger partial charge in [-0.2, -0.15) is 0 Å². The second-order valence-corrected chi connectivity index (χ2v) is 4.87. The largest absolute Gasteiger partial charge is 0.383 e. The van der Waals surface area contributed by atoms with Gasteiger partial charge in [0.05, 0.1) is 6.61 Å². The zero-order chi connectivity index (χ0) is 14.3. The molecule has 3 nitrogen and oxygen atoms in total. The van der Waals surface area contributed by atoms with Gasteiger partial charge in [0.15, 0.2) is 0 Å². The van der Waals surface area contributed by atoms with Crippen LogP contribution in [0.4, 0.5) is 5.69 Å². The van der Waals surface area contributed by atoms with Crippen molar-refractivity contribution in [3.05, 3.63) is 42.5 Å². The van der Waals surface area contributed by atoms with E-state index in [1.807, 2.05) is 30.3 Å². The fourth-order valence-corrected chi connectivity index (χ4v) is 1.97. The lowest BCUT2D eigenvalue weighted by Gasteiger charge is -2.26. The van der Waals surface area contributed by atoms with Gasteiger partial charge in [-0.3, -0.25) is 4.79 Å². The van der Waals surface area contributed by atoms with E-state index in [0.717, 1.165) is 11.3 Å². The average molecular weight is 282 g/mol. The van der Waals surface area contributed by atoms with Gasteiger partial charge in [0.25, 0.3) is 0 Å². The molecule has 0 N–H and O–H groups in total. The first kappa shape index (κ1) is 15.7. The van der Waals surface area contributed by atoms with Crippen LogP contribution in [0.3, 0.4) is 0 Å². The first-order chi connectivity index (χ1) is 9.11. The van der Waals surface area contributed by atoms with Gasteiger partial charge in [-0.05, 0) is 25.0 Å². The maximum absolute atomic E-state index is 12.2. The number of carbonyl (C=O) groups is 1. The highest BCUT2D eigenvalue weighted by Crippen LogP contribution is 2.22. The van der Waals surface area contributed by atoms with Crippen LogP contribution in [0.2, 0.25) is 0 Å². The van der Waals surface area contributed by atoms with E-state index in [2.05, 4.69) is 6.58 Å². The Labute approximate surface area is 119 Å². The van der Waals surface area contributed by atoms with Crippen LogP contribution < -0.4 is 4.90 Å². The molecular formula is C15H20ClNO2. The van der Waals surface area contributed by atoms with Crippen molar-refractivity contribution in [2.45, 2.75) is 18.7 Å². The van der Waals surface area contributed by atoms with Crippen LogP contribution in [-0.2, 0) is 16.0 Å². The van der Waals surface area contributed by atoms with E-state index in [4.69, 9.17) is 16.3 Å². The number of alkyl halides is 1. The predicted octanol–water partition coefficient (Wildman–Crippen LogP) is 3.02. The van der Waals surface area contributed by atoms with Crippen molar-refractivity contribution >= 4 is 23.2 Å². The van der Waals surface area contributed by atoms with E-state index in [0.29, 0.717) is 19.6 Å². The minimum Gasteiger partial charge on any atom is -0.383 e. The molecule has 1 aromatic rings. The van der Waals surface area contributed by atoms with Gasteiger partial charge in [0, 0.05) is 19.3 Å². The Morgan fingerprint density at radius 2 is 2.21 bits per heavy atom.